The highest BCUT2D eigenvalue weighted by molar-refractivity contribution is 7.90. The largest absolute Gasteiger partial charge is 0.497 e. The van der Waals surface area contributed by atoms with Gasteiger partial charge in [0.1, 0.15) is 18.1 Å². The summed E-state index contributed by atoms with van der Waals surface area (Å²) in [5.41, 5.74) is 2.48. The fourth-order valence-corrected chi connectivity index (χ4v) is 4.83. The van der Waals surface area contributed by atoms with Gasteiger partial charge in [0.2, 0.25) is 0 Å². The van der Waals surface area contributed by atoms with E-state index in [0.29, 0.717) is 23.6 Å². The molecular weight excluding hydrogens is 400 g/mol. The van der Waals surface area contributed by atoms with Gasteiger partial charge in [0.25, 0.3) is 10.0 Å². The first-order chi connectivity index (χ1) is 14.1. The molecule has 0 N–H and O–H groups in total. The van der Waals surface area contributed by atoms with Crippen LogP contribution in [0.1, 0.15) is 30.9 Å². The molecule has 0 aliphatic carbocycles. The van der Waals surface area contributed by atoms with Gasteiger partial charge in [0.15, 0.2) is 0 Å². The topological polar surface area (TPSA) is 60.8 Å². The molecule has 0 aliphatic rings. The Hall–Kier alpha value is -2.51. The number of hydrogen-bond acceptors (Lipinski definition) is 5. The van der Waals surface area contributed by atoms with Gasteiger partial charge < -0.3 is 14.4 Å². The second-order valence-electron chi connectivity index (χ2n) is 8.00. The van der Waals surface area contributed by atoms with E-state index in [1.807, 2.05) is 38.1 Å². The van der Waals surface area contributed by atoms with E-state index in [0.717, 1.165) is 23.1 Å². The Morgan fingerprint density at radius 1 is 1.10 bits per heavy atom. The van der Waals surface area contributed by atoms with E-state index in [2.05, 4.69) is 13.8 Å². The second kappa shape index (κ2) is 8.70. The fourth-order valence-electron chi connectivity index (χ4n) is 3.39. The predicted molar refractivity (Wildman–Crippen MR) is 120 cm³/mol. The van der Waals surface area contributed by atoms with Crippen LogP contribution in [0, 0.1) is 6.92 Å². The molecule has 6 nitrogen and oxygen atoms in total. The molecule has 0 atom stereocenters. The van der Waals surface area contributed by atoms with Crippen molar-refractivity contribution in [2.24, 2.45) is 0 Å². The van der Waals surface area contributed by atoms with Crippen LogP contribution in [0.25, 0.3) is 10.9 Å². The van der Waals surface area contributed by atoms with Crippen LogP contribution in [0.3, 0.4) is 0 Å². The molecule has 0 saturated carbocycles. The summed E-state index contributed by atoms with van der Waals surface area (Å²) in [7, 11) is 1.76. The van der Waals surface area contributed by atoms with Crippen LogP contribution in [0.5, 0.6) is 11.5 Å². The maximum atomic E-state index is 13.5. The van der Waals surface area contributed by atoms with E-state index >= 15 is 0 Å². The average molecular weight is 431 g/mol. The zero-order valence-electron chi connectivity index (χ0n) is 18.5. The van der Waals surface area contributed by atoms with Crippen LogP contribution in [0.2, 0.25) is 0 Å². The highest BCUT2D eigenvalue weighted by atomic mass is 32.2. The standard InChI is InChI=1S/C23H30N2O4S/c1-16(2)20-9-8-19(14-23(20)29-12-11-24(4)5)30(26,27)25-15-17(3)21-13-18(28-6)7-10-22(21)25/h7-10,13-16H,11-12H2,1-6H3. The molecular formula is C23H30N2O4S. The first-order valence-electron chi connectivity index (χ1n) is 9.98. The summed E-state index contributed by atoms with van der Waals surface area (Å²) in [6.45, 7) is 7.27. The molecule has 0 spiro atoms. The van der Waals surface area contributed by atoms with Crippen molar-refractivity contribution in [2.75, 3.05) is 34.4 Å². The monoisotopic (exact) mass is 430 g/mol. The summed E-state index contributed by atoms with van der Waals surface area (Å²) in [5, 5.41) is 0.846. The van der Waals surface area contributed by atoms with E-state index in [-0.39, 0.29) is 10.8 Å². The van der Waals surface area contributed by atoms with Crippen molar-refractivity contribution in [1.82, 2.24) is 8.87 Å². The number of methoxy groups -OCH3 is 1. The Kier molecular flexibility index (Phi) is 6.43. The molecule has 1 aromatic heterocycles. The number of aromatic nitrogens is 1. The van der Waals surface area contributed by atoms with Gasteiger partial charge in [-0.15, -0.1) is 0 Å². The number of nitrogens with zero attached hydrogens (tertiary/aromatic N) is 2. The van der Waals surface area contributed by atoms with Crippen LogP contribution in [0.4, 0.5) is 0 Å². The van der Waals surface area contributed by atoms with Crippen molar-refractivity contribution < 1.29 is 17.9 Å². The molecule has 3 aromatic rings. The molecule has 7 heteroatoms. The molecule has 2 aromatic carbocycles. The molecule has 30 heavy (non-hydrogen) atoms. The zero-order chi connectivity index (χ0) is 22.1. The van der Waals surface area contributed by atoms with E-state index < -0.39 is 10.0 Å². The van der Waals surface area contributed by atoms with Crippen LogP contribution >= 0.6 is 0 Å². The third-order valence-corrected chi connectivity index (χ3v) is 6.81. The second-order valence-corrected chi connectivity index (χ2v) is 9.82. The van der Waals surface area contributed by atoms with Crippen LogP contribution in [-0.4, -0.2) is 51.6 Å². The lowest BCUT2D eigenvalue weighted by molar-refractivity contribution is 0.258. The summed E-state index contributed by atoms with van der Waals surface area (Å²) >= 11 is 0. The van der Waals surface area contributed by atoms with Gasteiger partial charge in [-0.05, 0) is 62.3 Å². The highest BCUT2D eigenvalue weighted by Gasteiger charge is 2.23. The van der Waals surface area contributed by atoms with E-state index in [1.54, 1.807) is 37.6 Å². The summed E-state index contributed by atoms with van der Waals surface area (Å²) in [5.74, 6) is 1.53. The molecule has 0 amide bonds. The number of aryl methyl sites for hydroxylation is 1. The van der Waals surface area contributed by atoms with Crippen molar-refractivity contribution >= 4 is 20.9 Å². The van der Waals surface area contributed by atoms with Crippen LogP contribution in [-0.2, 0) is 10.0 Å². The molecule has 0 aliphatic heterocycles. The molecule has 0 unspecified atom stereocenters. The average Bonchev–Trinajstić information content (AvgIpc) is 3.04. The van der Waals surface area contributed by atoms with Gasteiger partial charge in [0.05, 0.1) is 17.5 Å². The van der Waals surface area contributed by atoms with Crippen molar-refractivity contribution in [3.05, 3.63) is 53.7 Å². The SMILES string of the molecule is COc1ccc2c(c1)c(C)cn2S(=O)(=O)c1ccc(C(C)C)c(OCCN(C)C)c1. The summed E-state index contributed by atoms with van der Waals surface area (Å²) < 4.78 is 39.6. The molecule has 0 fully saturated rings. The van der Waals surface area contributed by atoms with Crippen molar-refractivity contribution in [3.63, 3.8) is 0 Å². The van der Waals surface area contributed by atoms with Crippen molar-refractivity contribution in [2.45, 2.75) is 31.6 Å². The number of fused-ring (bicyclic) bond motifs is 1. The number of benzene rings is 2. The lowest BCUT2D eigenvalue weighted by Crippen LogP contribution is -2.20. The quantitative estimate of drug-likeness (QED) is 0.534. The van der Waals surface area contributed by atoms with E-state index in [4.69, 9.17) is 9.47 Å². The first-order valence-corrected chi connectivity index (χ1v) is 11.4. The fraction of sp³-hybridized carbons (Fsp3) is 0.391. The molecule has 1 heterocycles. The van der Waals surface area contributed by atoms with Gasteiger partial charge >= 0.3 is 0 Å². The first kappa shape index (κ1) is 22.2. The normalized spacial score (nSPS) is 12.1. The Morgan fingerprint density at radius 2 is 1.83 bits per heavy atom. The lowest BCUT2D eigenvalue weighted by Gasteiger charge is -2.17. The molecule has 0 saturated heterocycles. The number of hydrogen-bond donors (Lipinski definition) is 0. The molecule has 3 rings (SSSR count). The third kappa shape index (κ3) is 4.32. The lowest BCUT2D eigenvalue weighted by atomic mass is 10.0. The van der Waals surface area contributed by atoms with Crippen molar-refractivity contribution in [1.29, 1.82) is 0 Å². The zero-order valence-corrected chi connectivity index (χ0v) is 19.3. The maximum Gasteiger partial charge on any atom is 0.268 e. The van der Waals surface area contributed by atoms with E-state index in [9.17, 15) is 8.42 Å². The Bertz CT molecular complexity index is 1150. The minimum atomic E-state index is -3.79. The highest BCUT2D eigenvalue weighted by Crippen LogP contribution is 2.33. The molecule has 0 bridgehead atoms. The van der Waals surface area contributed by atoms with Crippen molar-refractivity contribution in [3.8, 4) is 11.5 Å². The van der Waals surface area contributed by atoms with Crippen LogP contribution in [0.15, 0.2) is 47.5 Å². The minimum absolute atomic E-state index is 0.208. The number of rotatable bonds is 8. The Balaban J connectivity index is 2.07. The third-order valence-electron chi connectivity index (χ3n) is 5.14. The summed E-state index contributed by atoms with van der Waals surface area (Å²) in [6.07, 6.45) is 1.66. The van der Waals surface area contributed by atoms with Crippen LogP contribution < -0.4 is 9.47 Å². The maximum absolute atomic E-state index is 13.5. The predicted octanol–water partition coefficient (Wildman–Crippen LogP) is 4.26. The Labute approximate surface area is 179 Å². The van der Waals surface area contributed by atoms with Gasteiger partial charge in [-0.2, -0.15) is 0 Å². The smallest absolute Gasteiger partial charge is 0.268 e. The summed E-state index contributed by atoms with van der Waals surface area (Å²) in [6, 6.07) is 10.6. The van der Waals surface area contributed by atoms with E-state index in [1.165, 1.54) is 3.97 Å². The van der Waals surface area contributed by atoms with Gasteiger partial charge in [-0.25, -0.2) is 12.4 Å². The number of likely N-dealkylation sites (N-methyl/N-ethyl adjacent to an activating group) is 1. The molecule has 162 valence electrons. The molecule has 0 radical (unpaired) electrons. The van der Waals surface area contributed by atoms with Gasteiger partial charge in [-0.3, -0.25) is 0 Å². The summed E-state index contributed by atoms with van der Waals surface area (Å²) in [4.78, 5) is 2.23. The van der Waals surface area contributed by atoms with Gasteiger partial charge in [-0.1, -0.05) is 19.9 Å². The minimum Gasteiger partial charge on any atom is -0.497 e. The van der Waals surface area contributed by atoms with Gasteiger partial charge in [0, 0.05) is 24.2 Å². The number of ether oxygens (including phenoxy) is 2. The Morgan fingerprint density at radius 3 is 2.47 bits per heavy atom.